The Morgan fingerprint density at radius 2 is 2.08 bits per heavy atom. The van der Waals surface area contributed by atoms with Gasteiger partial charge in [0.05, 0.1) is 5.92 Å². The Morgan fingerprint density at radius 1 is 1.33 bits per heavy atom. The van der Waals surface area contributed by atoms with E-state index >= 15 is 0 Å². The average molecular weight is 365 g/mol. The van der Waals surface area contributed by atoms with Gasteiger partial charge in [0.15, 0.2) is 5.76 Å². The summed E-state index contributed by atoms with van der Waals surface area (Å²) in [5.74, 6) is -1.09. The summed E-state index contributed by atoms with van der Waals surface area (Å²) in [6.45, 7) is -0.481. The van der Waals surface area contributed by atoms with Crippen LogP contribution in [0.25, 0.3) is 0 Å². The zero-order valence-electron chi connectivity index (χ0n) is 12.0. The Morgan fingerprint density at radius 3 is 2.71 bits per heavy atom. The number of hydrogen-bond acceptors (Lipinski definition) is 6. The molecule has 1 aliphatic heterocycles. The van der Waals surface area contributed by atoms with Gasteiger partial charge in [0.25, 0.3) is 0 Å². The van der Waals surface area contributed by atoms with E-state index in [1.807, 2.05) is 6.07 Å². The molecule has 0 amide bonds. The molecule has 122 valence electrons. The lowest BCUT2D eigenvalue weighted by Crippen LogP contribution is -2.25. The highest BCUT2D eigenvalue weighted by atomic mass is 35.5. The van der Waals surface area contributed by atoms with Gasteiger partial charge in [-0.15, -0.1) is 0 Å². The van der Waals surface area contributed by atoms with E-state index in [1.54, 1.807) is 12.1 Å². The first-order valence-corrected chi connectivity index (χ1v) is 7.52. The second-order valence-corrected chi connectivity index (χ2v) is 5.86. The molecule has 0 fully saturated rings. The monoisotopic (exact) mass is 364 g/mol. The van der Waals surface area contributed by atoms with Crippen molar-refractivity contribution in [3.05, 3.63) is 73.1 Å². The Labute approximate surface area is 146 Å². The minimum Gasteiger partial charge on any atom is -0.458 e. The molecular weight excluding hydrogens is 355 g/mol. The molecule has 0 radical (unpaired) electrons. The molecule has 0 aliphatic carbocycles. The van der Waals surface area contributed by atoms with Crippen LogP contribution in [0.5, 0.6) is 5.75 Å². The van der Waals surface area contributed by atoms with Crippen LogP contribution in [0.3, 0.4) is 0 Å². The number of fused-ring (bicyclic) bond motifs is 1. The normalized spacial score (nSPS) is 16.3. The van der Waals surface area contributed by atoms with Crippen molar-refractivity contribution in [3.8, 4) is 11.8 Å². The fourth-order valence-electron chi connectivity index (χ4n) is 2.51. The molecule has 8 heteroatoms. The van der Waals surface area contributed by atoms with Crippen LogP contribution in [0.4, 0.5) is 0 Å². The summed E-state index contributed by atoms with van der Waals surface area (Å²) in [4.78, 5) is 12.2. The topological polar surface area (TPSA) is 109 Å². The summed E-state index contributed by atoms with van der Waals surface area (Å²) in [5.41, 5.74) is 5.79. The van der Waals surface area contributed by atoms with Gasteiger partial charge in [0, 0.05) is 16.1 Å². The van der Waals surface area contributed by atoms with Gasteiger partial charge < -0.3 is 20.0 Å². The summed E-state index contributed by atoms with van der Waals surface area (Å²) in [6.07, 6.45) is 0. The maximum atomic E-state index is 12.2. The number of rotatable bonds is 2. The molecule has 2 heterocycles. The number of ether oxygens (including phenoxy) is 1. The molecule has 3 rings (SSSR count). The molecule has 1 aliphatic rings. The van der Waals surface area contributed by atoms with E-state index in [2.05, 4.69) is 0 Å². The van der Waals surface area contributed by atoms with Crippen molar-refractivity contribution >= 4 is 23.2 Å². The van der Waals surface area contributed by atoms with Gasteiger partial charge in [-0.3, -0.25) is 4.79 Å². The molecule has 0 unspecified atom stereocenters. The Bertz CT molecular complexity index is 960. The molecule has 0 bridgehead atoms. The number of aliphatic hydroxyl groups excluding tert-OH is 1. The summed E-state index contributed by atoms with van der Waals surface area (Å²) in [7, 11) is 0. The van der Waals surface area contributed by atoms with Gasteiger partial charge in [-0.25, -0.2) is 0 Å². The predicted octanol–water partition coefficient (Wildman–Crippen LogP) is 2.66. The maximum absolute atomic E-state index is 12.2. The second kappa shape index (κ2) is 6.21. The van der Waals surface area contributed by atoms with Crippen LogP contribution in [0.15, 0.2) is 44.9 Å². The Kier molecular flexibility index (Phi) is 4.24. The first-order valence-electron chi connectivity index (χ1n) is 6.76. The molecule has 1 aromatic carbocycles. The number of nitrogens with zero attached hydrogens (tertiary/aromatic N) is 1. The lowest BCUT2D eigenvalue weighted by atomic mass is 9.87. The van der Waals surface area contributed by atoms with Crippen molar-refractivity contribution in [2.45, 2.75) is 12.5 Å². The van der Waals surface area contributed by atoms with Gasteiger partial charge in [-0.05, 0) is 17.7 Å². The first kappa shape index (κ1) is 16.4. The largest absolute Gasteiger partial charge is 0.458 e. The molecule has 24 heavy (non-hydrogen) atoms. The van der Waals surface area contributed by atoms with Crippen molar-refractivity contribution < 1.29 is 14.3 Å². The Hall–Kier alpha value is -2.46. The molecular formula is C16H10Cl2N2O4. The molecule has 1 atom stereocenters. The maximum Gasteiger partial charge on any atom is 0.228 e. The molecule has 0 saturated heterocycles. The SMILES string of the molecule is N#CC1=C(N)Oc2c(oc(CO)cc2=O)[C@@H]1c1ccc(Cl)cc1Cl. The van der Waals surface area contributed by atoms with Gasteiger partial charge in [0.1, 0.15) is 24.0 Å². The molecule has 1 aromatic heterocycles. The number of hydrogen-bond donors (Lipinski definition) is 2. The lowest BCUT2D eigenvalue weighted by molar-refractivity contribution is 0.231. The van der Waals surface area contributed by atoms with Crippen molar-refractivity contribution in [1.82, 2.24) is 0 Å². The number of aliphatic hydroxyl groups is 1. The number of benzene rings is 1. The number of nitriles is 1. The quantitative estimate of drug-likeness (QED) is 0.847. The molecule has 6 nitrogen and oxygen atoms in total. The predicted molar refractivity (Wildman–Crippen MR) is 86.7 cm³/mol. The van der Waals surface area contributed by atoms with Crippen LogP contribution in [0, 0.1) is 11.3 Å². The van der Waals surface area contributed by atoms with Gasteiger partial charge in [-0.1, -0.05) is 29.3 Å². The summed E-state index contributed by atoms with van der Waals surface area (Å²) < 4.78 is 10.8. The molecule has 0 saturated carbocycles. The van der Waals surface area contributed by atoms with Gasteiger partial charge >= 0.3 is 0 Å². The highest BCUT2D eigenvalue weighted by Gasteiger charge is 2.36. The summed E-state index contributed by atoms with van der Waals surface area (Å²) in [6, 6.07) is 7.77. The number of nitrogens with two attached hydrogens (primary N) is 1. The number of allylic oxidation sites excluding steroid dienone is 1. The van der Waals surface area contributed by atoms with E-state index < -0.39 is 18.0 Å². The zero-order chi connectivity index (χ0) is 17.4. The highest BCUT2D eigenvalue weighted by Crippen LogP contribution is 2.43. The fourth-order valence-corrected chi connectivity index (χ4v) is 3.03. The van der Waals surface area contributed by atoms with Crippen LogP contribution >= 0.6 is 23.2 Å². The second-order valence-electron chi connectivity index (χ2n) is 5.02. The molecule has 2 aromatic rings. The van der Waals surface area contributed by atoms with Crippen molar-refractivity contribution in [3.63, 3.8) is 0 Å². The standard InChI is InChI=1S/C16H10Cl2N2O4/c17-7-1-2-9(11(18)3-7)13-10(5-19)16(20)24-14-12(22)4-8(6-21)23-15(13)14/h1-4,13,21H,6,20H2/t13-/m1/s1. The van der Waals surface area contributed by atoms with Crippen molar-refractivity contribution in [2.24, 2.45) is 5.73 Å². The molecule has 0 spiro atoms. The van der Waals surface area contributed by atoms with Crippen LogP contribution in [0.2, 0.25) is 10.0 Å². The lowest BCUT2D eigenvalue weighted by Gasteiger charge is -2.25. The van der Waals surface area contributed by atoms with Crippen LogP contribution in [-0.4, -0.2) is 5.11 Å². The Balaban J connectivity index is 2.33. The third kappa shape index (κ3) is 2.63. The minimum atomic E-state index is -0.845. The van der Waals surface area contributed by atoms with E-state index in [4.69, 9.17) is 38.1 Å². The fraction of sp³-hybridized carbons (Fsp3) is 0.125. The van der Waals surface area contributed by atoms with Crippen LogP contribution in [0.1, 0.15) is 23.0 Å². The van der Waals surface area contributed by atoms with Gasteiger partial charge in [0.2, 0.25) is 17.1 Å². The third-order valence-corrected chi connectivity index (χ3v) is 4.12. The summed E-state index contributed by atoms with van der Waals surface area (Å²) in [5, 5.41) is 19.4. The van der Waals surface area contributed by atoms with Crippen molar-refractivity contribution in [2.75, 3.05) is 0 Å². The number of halogens is 2. The van der Waals surface area contributed by atoms with E-state index in [1.165, 1.54) is 6.07 Å². The smallest absolute Gasteiger partial charge is 0.228 e. The highest BCUT2D eigenvalue weighted by molar-refractivity contribution is 6.35. The first-order chi connectivity index (χ1) is 11.5. The minimum absolute atomic E-state index is 0.0372. The zero-order valence-corrected chi connectivity index (χ0v) is 13.6. The third-order valence-electron chi connectivity index (χ3n) is 3.56. The van der Waals surface area contributed by atoms with Gasteiger partial charge in [-0.2, -0.15) is 5.26 Å². The van der Waals surface area contributed by atoms with E-state index in [0.717, 1.165) is 6.07 Å². The summed E-state index contributed by atoms with van der Waals surface area (Å²) >= 11 is 12.2. The average Bonchev–Trinajstić information content (AvgIpc) is 2.54. The van der Waals surface area contributed by atoms with Crippen LogP contribution < -0.4 is 15.9 Å². The van der Waals surface area contributed by atoms with E-state index in [9.17, 15) is 15.2 Å². The van der Waals surface area contributed by atoms with Crippen molar-refractivity contribution in [1.29, 1.82) is 5.26 Å². The van der Waals surface area contributed by atoms with E-state index in [-0.39, 0.29) is 33.7 Å². The van der Waals surface area contributed by atoms with Crippen LogP contribution in [-0.2, 0) is 6.61 Å². The molecule has 3 N–H and O–H groups in total. The van der Waals surface area contributed by atoms with E-state index in [0.29, 0.717) is 10.6 Å².